The van der Waals surface area contributed by atoms with Gasteiger partial charge in [-0.2, -0.15) is 0 Å². The van der Waals surface area contributed by atoms with E-state index in [-0.39, 0.29) is 0 Å². The molecule has 1 N–H and O–H groups in total. The van der Waals surface area contributed by atoms with Gasteiger partial charge in [0.2, 0.25) is 0 Å². The Balaban J connectivity index is 2.18. The van der Waals surface area contributed by atoms with E-state index in [9.17, 15) is 0 Å². The number of anilines is 1. The maximum atomic E-state index is 6.04. The van der Waals surface area contributed by atoms with Gasteiger partial charge >= 0.3 is 0 Å². The predicted molar refractivity (Wildman–Crippen MR) is 76.1 cm³/mol. The van der Waals surface area contributed by atoms with Crippen molar-refractivity contribution in [2.75, 3.05) is 19.5 Å². The minimum Gasteiger partial charge on any atom is -0.493 e. The summed E-state index contributed by atoms with van der Waals surface area (Å²) in [5, 5.41) is 3.84. The molecule has 2 aromatic rings. The molecule has 0 bridgehead atoms. The van der Waals surface area contributed by atoms with Gasteiger partial charge in [-0.3, -0.25) is 4.98 Å². The molecule has 1 heterocycles. The van der Waals surface area contributed by atoms with Crippen molar-refractivity contribution < 1.29 is 9.47 Å². The fourth-order valence-corrected chi connectivity index (χ4v) is 1.99. The molecular formula is C14H15ClN2O2. The minimum atomic E-state index is 0.587. The van der Waals surface area contributed by atoms with Crippen LogP contribution in [0.1, 0.15) is 5.56 Å². The third-order valence-electron chi connectivity index (χ3n) is 2.73. The van der Waals surface area contributed by atoms with Crippen LogP contribution in [0, 0.1) is 0 Å². The summed E-state index contributed by atoms with van der Waals surface area (Å²) in [6.07, 6.45) is 3.30. The van der Waals surface area contributed by atoms with Crippen molar-refractivity contribution >= 4 is 17.3 Å². The molecule has 0 aliphatic rings. The highest BCUT2D eigenvalue weighted by Crippen LogP contribution is 2.31. The standard InChI is InChI=1S/C14H15ClN2O2/c1-18-13-5-3-4-10(14(13)19-2)8-17-12-6-7-16-9-11(12)15/h3-7,9H,8H2,1-2H3,(H,16,17). The number of halogens is 1. The van der Waals surface area contributed by atoms with E-state index in [1.54, 1.807) is 26.6 Å². The van der Waals surface area contributed by atoms with Crippen LogP contribution in [0.25, 0.3) is 0 Å². The van der Waals surface area contributed by atoms with Gasteiger partial charge in [0.1, 0.15) is 0 Å². The number of benzene rings is 1. The Morgan fingerprint density at radius 3 is 2.74 bits per heavy atom. The fourth-order valence-electron chi connectivity index (χ4n) is 1.80. The zero-order valence-electron chi connectivity index (χ0n) is 10.8. The lowest BCUT2D eigenvalue weighted by molar-refractivity contribution is 0.352. The van der Waals surface area contributed by atoms with Crippen LogP contribution < -0.4 is 14.8 Å². The number of hydrogen-bond acceptors (Lipinski definition) is 4. The van der Waals surface area contributed by atoms with Crippen molar-refractivity contribution in [1.29, 1.82) is 0 Å². The molecule has 0 unspecified atom stereocenters. The minimum absolute atomic E-state index is 0.587. The summed E-state index contributed by atoms with van der Waals surface area (Å²) < 4.78 is 10.6. The van der Waals surface area contributed by atoms with Crippen LogP contribution >= 0.6 is 11.6 Å². The number of ether oxygens (including phenoxy) is 2. The molecule has 19 heavy (non-hydrogen) atoms. The van der Waals surface area contributed by atoms with Crippen LogP contribution in [-0.2, 0) is 6.54 Å². The lowest BCUT2D eigenvalue weighted by Gasteiger charge is -2.14. The van der Waals surface area contributed by atoms with Crippen molar-refractivity contribution in [3.05, 3.63) is 47.2 Å². The second-order valence-corrected chi connectivity index (χ2v) is 4.27. The monoisotopic (exact) mass is 278 g/mol. The Kier molecular flexibility index (Phi) is 4.47. The summed E-state index contributed by atoms with van der Waals surface area (Å²) in [7, 11) is 3.25. The van der Waals surface area contributed by atoms with E-state index in [4.69, 9.17) is 21.1 Å². The average molecular weight is 279 g/mol. The van der Waals surface area contributed by atoms with Crippen molar-refractivity contribution in [2.45, 2.75) is 6.54 Å². The maximum absolute atomic E-state index is 6.04. The summed E-state index contributed by atoms with van der Waals surface area (Å²) >= 11 is 6.04. The molecule has 2 rings (SSSR count). The SMILES string of the molecule is COc1cccc(CNc2ccncc2Cl)c1OC. The summed E-state index contributed by atoms with van der Waals surface area (Å²) in [4.78, 5) is 3.94. The van der Waals surface area contributed by atoms with Gasteiger partial charge < -0.3 is 14.8 Å². The largest absolute Gasteiger partial charge is 0.493 e. The van der Waals surface area contributed by atoms with Crippen molar-refractivity contribution in [3.8, 4) is 11.5 Å². The quantitative estimate of drug-likeness (QED) is 0.911. The van der Waals surface area contributed by atoms with E-state index in [0.29, 0.717) is 17.3 Å². The normalized spacial score (nSPS) is 10.1. The van der Waals surface area contributed by atoms with E-state index < -0.39 is 0 Å². The highest BCUT2D eigenvalue weighted by atomic mass is 35.5. The third kappa shape index (κ3) is 3.09. The summed E-state index contributed by atoms with van der Waals surface area (Å²) in [5.74, 6) is 1.44. The number of para-hydroxylation sites is 1. The van der Waals surface area contributed by atoms with Crippen LogP contribution in [0.3, 0.4) is 0 Å². The highest BCUT2D eigenvalue weighted by molar-refractivity contribution is 6.33. The molecule has 0 saturated carbocycles. The first-order valence-electron chi connectivity index (χ1n) is 5.79. The van der Waals surface area contributed by atoms with Gasteiger partial charge in [-0.05, 0) is 12.1 Å². The molecule has 100 valence electrons. The molecule has 0 aliphatic carbocycles. The van der Waals surface area contributed by atoms with Gasteiger partial charge in [-0.15, -0.1) is 0 Å². The molecule has 4 nitrogen and oxygen atoms in total. The molecule has 0 fully saturated rings. The smallest absolute Gasteiger partial charge is 0.165 e. The Morgan fingerprint density at radius 1 is 1.21 bits per heavy atom. The molecule has 0 amide bonds. The maximum Gasteiger partial charge on any atom is 0.165 e. The molecule has 0 aliphatic heterocycles. The molecule has 1 aromatic carbocycles. The molecular weight excluding hydrogens is 264 g/mol. The van der Waals surface area contributed by atoms with Crippen molar-refractivity contribution in [3.63, 3.8) is 0 Å². The van der Waals surface area contributed by atoms with E-state index in [1.807, 2.05) is 24.3 Å². The van der Waals surface area contributed by atoms with Crippen molar-refractivity contribution in [2.24, 2.45) is 0 Å². The lowest BCUT2D eigenvalue weighted by atomic mass is 10.2. The summed E-state index contributed by atoms with van der Waals surface area (Å²) in [6, 6.07) is 7.59. The molecule has 5 heteroatoms. The highest BCUT2D eigenvalue weighted by Gasteiger charge is 2.09. The fraction of sp³-hybridized carbons (Fsp3) is 0.214. The molecule has 1 aromatic heterocycles. The van der Waals surface area contributed by atoms with Gasteiger partial charge in [0.05, 0.1) is 24.9 Å². The number of methoxy groups -OCH3 is 2. The topological polar surface area (TPSA) is 43.4 Å². The van der Waals surface area contributed by atoms with Gasteiger partial charge in [0.25, 0.3) is 0 Å². The average Bonchev–Trinajstić information content (AvgIpc) is 2.45. The predicted octanol–water partition coefficient (Wildman–Crippen LogP) is 3.36. The zero-order valence-corrected chi connectivity index (χ0v) is 11.6. The van der Waals surface area contributed by atoms with E-state index in [2.05, 4.69) is 10.3 Å². The lowest BCUT2D eigenvalue weighted by Crippen LogP contribution is -2.03. The van der Waals surface area contributed by atoms with Crippen LogP contribution in [0.4, 0.5) is 5.69 Å². The van der Waals surface area contributed by atoms with E-state index >= 15 is 0 Å². The molecule has 0 atom stereocenters. The number of aromatic nitrogens is 1. The van der Waals surface area contributed by atoms with Crippen LogP contribution in [0.2, 0.25) is 5.02 Å². The number of nitrogens with zero attached hydrogens (tertiary/aromatic N) is 1. The van der Waals surface area contributed by atoms with Crippen molar-refractivity contribution in [1.82, 2.24) is 4.98 Å². The number of rotatable bonds is 5. The van der Waals surface area contributed by atoms with Gasteiger partial charge in [0.15, 0.2) is 11.5 Å². The van der Waals surface area contributed by atoms with Gasteiger partial charge in [-0.25, -0.2) is 0 Å². The van der Waals surface area contributed by atoms with Crippen LogP contribution in [-0.4, -0.2) is 19.2 Å². The first-order valence-corrected chi connectivity index (χ1v) is 6.17. The first kappa shape index (κ1) is 13.5. The zero-order chi connectivity index (χ0) is 13.7. The second kappa shape index (κ2) is 6.29. The Bertz CT molecular complexity index is 561. The van der Waals surface area contributed by atoms with Crippen LogP contribution in [0.5, 0.6) is 11.5 Å². The van der Waals surface area contributed by atoms with E-state index in [0.717, 1.165) is 17.0 Å². The summed E-state index contributed by atoms with van der Waals surface area (Å²) in [6.45, 7) is 0.587. The molecule has 0 radical (unpaired) electrons. The first-order chi connectivity index (χ1) is 9.26. The third-order valence-corrected chi connectivity index (χ3v) is 3.03. The number of nitrogens with one attached hydrogen (secondary N) is 1. The Hall–Kier alpha value is -1.94. The van der Waals surface area contributed by atoms with Gasteiger partial charge in [-0.1, -0.05) is 23.7 Å². The Labute approximate surface area is 117 Å². The number of hydrogen-bond donors (Lipinski definition) is 1. The summed E-state index contributed by atoms with van der Waals surface area (Å²) in [5.41, 5.74) is 1.83. The van der Waals surface area contributed by atoms with Crippen LogP contribution in [0.15, 0.2) is 36.7 Å². The molecule has 0 saturated heterocycles. The Morgan fingerprint density at radius 2 is 2.05 bits per heavy atom. The molecule has 0 spiro atoms. The number of pyridine rings is 1. The van der Waals surface area contributed by atoms with Gasteiger partial charge in [0, 0.05) is 24.5 Å². The second-order valence-electron chi connectivity index (χ2n) is 3.86. The van der Waals surface area contributed by atoms with E-state index in [1.165, 1.54) is 0 Å².